The molecule has 4 rings (SSSR count). The minimum Gasteiger partial charge on any atom is -0.326 e. The molecule has 0 heterocycles. The largest absolute Gasteiger partial charge is 0.326 e. The van der Waals surface area contributed by atoms with Crippen molar-refractivity contribution >= 4 is 79.7 Å². The van der Waals surface area contributed by atoms with Crippen LogP contribution in [0.25, 0.3) is 0 Å². The standard InChI is InChI=1S/C25H14BrCl4FN2O2/c26-18-5-2-13(8-20(18)28)22-23(25(22,29)30)24(35)33-16-4-6-19(27)17(10-16)21(34)9-12-1-3-15(31)7-14(12)11-32/h1-8,10,22-23H,9H2,(H,33,35)/t22-,23?/m0/s1. The van der Waals surface area contributed by atoms with Crippen LogP contribution in [0.1, 0.15) is 33.0 Å². The number of hydrogen-bond donors (Lipinski definition) is 1. The number of halogens is 6. The van der Waals surface area contributed by atoms with E-state index in [0.717, 1.165) is 11.6 Å². The maximum atomic E-state index is 13.4. The van der Waals surface area contributed by atoms with Crippen LogP contribution >= 0.6 is 62.3 Å². The molecule has 0 aromatic heterocycles. The van der Waals surface area contributed by atoms with E-state index in [1.165, 1.54) is 24.3 Å². The van der Waals surface area contributed by atoms with Gasteiger partial charge < -0.3 is 5.32 Å². The van der Waals surface area contributed by atoms with Crippen LogP contribution in [0.5, 0.6) is 0 Å². The molecule has 4 nitrogen and oxygen atoms in total. The first kappa shape index (κ1) is 25.9. The number of rotatable bonds is 6. The van der Waals surface area contributed by atoms with Crippen molar-refractivity contribution in [2.45, 2.75) is 16.7 Å². The second-order valence-electron chi connectivity index (χ2n) is 8.00. The van der Waals surface area contributed by atoms with Crippen molar-refractivity contribution in [3.05, 3.63) is 97.2 Å². The lowest BCUT2D eigenvalue weighted by Crippen LogP contribution is -2.17. The third kappa shape index (κ3) is 5.35. The molecular formula is C25H14BrCl4FN2O2. The SMILES string of the molecule is N#Cc1cc(F)ccc1CC(=O)c1cc(NC(=O)C2[C@H](c3ccc(Br)c(Cl)c3)C2(Cl)Cl)ccc1Cl. The monoisotopic (exact) mass is 612 g/mol. The number of amides is 1. The van der Waals surface area contributed by atoms with E-state index in [1.807, 2.05) is 6.07 Å². The second-order valence-corrected chi connectivity index (χ2v) is 11.1. The smallest absolute Gasteiger partial charge is 0.231 e. The van der Waals surface area contributed by atoms with Crippen molar-refractivity contribution in [1.82, 2.24) is 0 Å². The number of Topliss-reactive ketones (excluding diaryl/α,β-unsaturated/α-hetero) is 1. The molecule has 1 saturated carbocycles. The molecule has 0 spiro atoms. The Kier molecular flexibility index (Phi) is 7.47. The van der Waals surface area contributed by atoms with Gasteiger partial charge in [0.05, 0.1) is 27.6 Å². The number of nitriles is 1. The van der Waals surface area contributed by atoms with E-state index in [-0.39, 0.29) is 22.6 Å². The summed E-state index contributed by atoms with van der Waals surface area (Å²) < 4.78 is 12.8. The third-order valence-corrected chi connectivity index (χ3v) is 8.22. The van der Waals surface area contributed by atoms with E-state index in [9.17, 15) is 19.2 Å². The van der Waals surface area contributed by atoms with Crippen molar-refractivity contribution in [3.63, 3.8) is 0 Å². The zero-order valence-corrected chi connectivity index (χ0v) is 22.2. The number of carbonyl (C=O) groups is 2. The first-order valence-electron chi connectivity index (χ1n) is 10.2. The summed E-state index contributed by atoms with van der Waals surface area (Å²) in [6.07, 6.45) is -0.165. The number of ketones is 1. The van der Waals surface area contributed by atoms with E-state index in [4.69, 9.17) is 46.4 Å². The zero-order chi connectivity index (χ0) is 25.5. The minimum absolute atomic E-state index is 0.0623. The van der Waals surface area contributed by atoms with Gasteiger partial charge in [-0.15, -0.1) is 23.2 Å². The highest BCUT2D eigenvalue weighted by molar-refractivity contribution is 9.10. The number of anilines is 1. The van der Waals surface area contributed by atoms with Gasteiger partial charge >= 0.3 is 0 Å². The van der Waals surface area contributed by atoms with E-state index in [2.05, 4.69) is 21.2 Å². The molecule has 178 valence electrons. The van der Waals surface area contributed by atoms with E-state index in [1.54, 1.807) is 24.3 Å². The topological polar surface area (TPSA) is 70.0 Å². The third-order valence-electron chi connectivity index (χ3n) is 5.72. The Morgan fingerprint density at radius 3 is 2.49 bits per heavy atom. The average Bonchev–Trinajstić information content (AvgIpc) is 3.39. The van der Waals surface area contributed by atoms with Gasteiger partial charge in [-0.25, -0.2) is 4.39 Å². The van der Waals surface area contributed by atoms with Crippen molar-refractivity contribution in [1.29, 1.82) is 5.26 Å². The Balaban J connectivity index is 1.52. The molecule has 1 fully saturated rings. The summed E-state index contributed by atoms with van der Waals surface area (Å²) in [5.74, 6) is -2.60. The highest BCUT2D eigenvalue weighted by Gasteiger charge is 2.67. The van der Waals surface area contributed by atoms with Crippen molar-refractivity contribution in [2.75, 3.05) is 5.32 Å². The van der Waals surface area contributed by atoms with Crippen LogP contribution in [0.15, 0.2) is 59.1 Å². The normalized spacial score (nSPS) is 18.0. The Bertz CT molecular complexity index is 1410. The van der Waals surface area contributed by atoms with Gasteiger partial charge in [0.25, 0.3) is 0 Å². The van der Waals surface area contributed by atoms with Gasteiger partial charge in [-0.3, -0.25) is 9.59 Å². The Morgan fingerprint density at radius 1 is 1.06 bits per heavy atom. The number of nitrogens with zero attached hydrogens (tertiary/aromatic N) is 1. The van der Waals surface area contributed by atoms with Crippen molar-refractivity contribution in [2.24, 2.45) is 5.92 Å². The maximum absolute atomic E-state index is 13.4. The molecule has 35 heavy (non-hydrogen) atoms. The number of carbonyl (C=O) groups excluding carboxylic acids is 2. The average molecular weight is 615 g/mol. The fourth-order valence-electron chi connectivity index (χ4n) is 3.89. The van der Waals surface area contributed by atoms with Gasteiger partial charge in [0.15, 0.2) is 5.78 Å². The lowest BCUT2D eigenvalue weighted by atomic mass is 9.98. The summed E-state index contributed by atoms with van der Waals surface area (Å²) in [5.41, 5.74) is 1.63. The predicted molar refractivity (Wildman–Crippen MR) is 139 cm³/mol. The quantitative estimate of drug-likeness (QED) is 0.228. The van der Waals surface area contributed by atoms with Crippen molar-refractivity contribution in [3.8, 4) is 6.07 Å². The molecular weight excluding hydrogens is 601 g/mol. The van der Waals surface area contributed by atoms with Crippen LogP contribution in [-0.4, -0.2) is 16.0 Å². The zero-order valence-electron chi connectivity index (χ0n) is 17.6. The molecule has 0 aliphatic heterocycles. The molecule has 3 aromatic carbocycles. The summed E-state index contributed by atoms with van der Waals surface area (Å²) in [6, 6.07) is 15.2. The fraction of sp³-hybridized carbons (Fsp3) is 0.160. The van der Waals surface area contributed by atoms with Gasteiger partial charge in [0.2, 0.25) is 5.91 Å². The summed E-state index contributed by atoms with van der Waals surface area (Å²) in [6.45, 7) is 0. The lowest BCUT2D eigenvalue weighted by molar-refractivity contribution is -0.117. The predicted octanol–water partition coefficient (Wildman–Crippen LogP) is 7.72. The summed E-state index contributed by atoms with van der Waals surface area (Å²) in [7, 11) is 0. The number of benzene rings is 3. The number of nitrogens with one attached hydrogen (secondary N) is 1. The van der Waals surface area contributed by atoms with E-state index >= 15 is 0 Å². The molecule has 1 aliphatic rings. The molecule has 2 atom stereocenters. The van der Waals surface area contributed by atoms with Gasteiger partial charge in [-0.1, -0.05) is 35.3 Å². The maximum Gasteiger partial charge on any atom is 0.231 e. The molecule has 1 unspecified atom stereocenters. The Hall–Kier alpha value is -2.14. The molecule has 0 saturated heterocycles. The second kappa shape index (κ2) is 10.1. The minimum atomic E-state index is -1.32. The van der Waals surface area contributed by atoms with Crippen molar-refractivity contribution < 1.29 is 14.0 Å². The first-order valence-corrected chi connectivity index (χ1v) is 12.5. The Labute approximate surface area is 229 Å². The van der Waals surface area contributed by atoms with Gasteiger partial charge in [-0.2, -0.15) is 5.26 Å². The van der Waals surface area contributed by atoms with Crippen LogP contribution in [0.4, 0.5) is 10.1 Å². The molecule has 3 aromatic rings. The van der Waals surface area contributed by atoms with Crippen LogP contribution in [0.3, 0.4) is 0 Å². The molecule has 1 amide bonds. The molecule has 1 aliphatic carbocycles. The van der Waals surface area contributed by atoms with E-state index in [0.29, 0.717) is 20.7 Å². The number of alkyl halides is 2. The molecule has 10 heteroatoms. The lowest BCUT2D eigenvalue weighted by Gasteiger charge is -2.10. The number of hydrogen-bond acceptors (Lipinski definition) is 3. The Morgan fingerprint density at radius 2 is 1.80 bits per heavy atom. The molecule has 0 bridgehead atoms. The molecule has 0 radical (unpaired) electrons. The van der Waals surface area contributed by atoms with Crippen LogP contribution in [0, 0.1) is 23.1 Å². The molecule has 1 N–H and O–H groups in total. The van der Waals surface area contributed by atoms with Crippen LogP contribution in [0.2, 0.25) is 10.0 Å². The van der Waals surface area contributed by atoms with Crippen LogP contribution in [-0.2, 0) is 11.2 Å². The highest BCUT2D eigenvalue weighted by Crippen LogP contribution is 2.65. The van der Waals surface area contributed by atoms with Gasteiger partial charge in [0.1, 0.15) is 10.2 Å². The highest BCUT2D eigenvalue weighted by atomic mass is 79.9. The van der Waals surface area contributed by atoms with Crippen LogP contribution < -0.4 is 5.32 Å². The summed E-state index contributed by atoms with van der Waals surface area (Å²) in [4.78, 5) is 25.9. The van der Waals surface area contributed by atoms with Gasteiger partial charge in [0, 0.05) is 28.1 Å². The fourth-order valence-corrected chi connectivity index (χ4v) is 5.37. The summed E-state index contributed by atoms with van der Waals surface area (Å²) in [5, 5.41) is 12.6. The van der Waals surface area contributed by atoms with Gasteiger partial charge in [-0.05, 0) is 69.5 Å². The summed E-state index contributed by atoms with van der Waals surface area (Å²) >= 11 is 28.6. The van der Waals surface area contributed by atoms with E-state index < -0.39 is 33.7 Å². The first-order chi connectivity index (χ1) is 16.5.